The Balaban J connectivity index is 2.65. The molecule has 0 aliphatic heterocycles. The van der Waals surface area contributed by atoms with Crippen molar-refractivity contribution in [3.05, 3.63) is 18.2 Å². The zero-order valence-electron chi connectivity index (χ0n) is 8.87. The van der Waals surface area contributed by atoms with Crippen molar-refractivity contribution in [2.75, 3.05) is 18.8 Å². The first-order valence-corrected chi connectivity index (χ1v) is 8.97. The van der Waals surface area contributed by atoms with Gasteiger partial charge in [0.2, 0.25) is 0 Å². The van der Waals surface area contributed by atoms with Crippen molar-refractivity contribution in [1.29, 1.82) is 0 Å². The average molecular weight is 272 g/mol. The highest BCUT2D eigenvalue weighted by Crippen LogP contribution is 2.43. The summed E-state index contributed by atoms with van der Waals surface area (Å²) in [6.45, 7) is 0. The van der Waals surface area contributed by atoms with E-state index in [0.29, 0.717) is 0 Å². The summed E-state index contributed by atoms with van der Waals surface area (Å²) in [7, 11) is 0. The molecule has 0 fully saturated rings. The first kappa shape index (κ1) is 11.7. The van der Waals surface area contributed by atoms with Crippen molar-refractivity contribution in [3.8, 4) is 0 Å². The highest BCUT2D eigenvalue weighted by Gasteiger charge is 2.10. The van der Waals surface area contributed by atoms with E-state index in [1.807, 2.05) is 46.6 Å². The van der Waals surface area contributed by atoms with Gasteiger partial charge in [0, 0.05) is 19.9 Å². The fourth-order valence-electron chi connectivity index (χ4n) is 1.49. The molecule has 0 saturated carbocycles. The van der Waals surface area contributed by atoms with Crippen molar-refractivity contribution in [2.24, 2.45) is 0 Å². The lowest BCUT2D eigenvalue weighted by Crippen LogP contribution is -1.71. The summed E-state index contributed by atoms with van der Waals surface area (Å²) in [4.78, 5) is 2.79. The van der Waals surface area contributed by atoms with Crippen LogP contribution in [-0.4, -0.2) is 18.8 Å². The Morgan fingerprint density at radius 1 is 1.00 bits per heavy atom. The maximum Gasteiger partial charge on any atom is 0.0744 e. The second-order valence-corrected chi connectivity index (χ2v) is 6.81. The molecule has 0 unspecified atom stereocenters. The average Bonchev–Trinajstić information content (AvgIpc) is 2.65. The molecule has 2 rings (SSSR count). The van der Waals surface area contributed by atoms with E-state index < -0.39 is 0 Å². The number of thioether (sulfide) groups is 3. The largest absolute Gasteiger partial charge is 0.130 e. The molecule has 2 aromatic rings. The molecule has 1 heterocycles. The number of thiophene rings is 1. The van der Waals surface area contributed by atoms with Crippen LogP contribution in [0.1, 0.15) is 0 Å². The molecular weight excluding hydrogens is 260 g/mol. The summed E-state index contributed by atoms with van der Waals surface area (Å²) >= 11 is 7.42. The summed E-state index contributed by atoms with van der Waals surface area (Å²) in [5, 5.41) is 1.41. The molecule has 80 valence electrons. The normalized spacial score (nSPS) is 11.1. The molecule has 0 spiro atoms. The van der Waals surface area contributed by atoms with E-state index in [4.69, 9.17) is 0 Å². The van der Waals surface area contributed by atoms with Crippen molar-refractivity contribution < 1.29 is 0 Å². The molecule has 0 amide bonds. The van der Waals surface area contributed by atoms with Crippen LogP contribution in [-0.2, 0) is 0 Å². The van der Waals surface area contributed by atoms with Crippen molar-refractivity contribution in [3.63, 3.8) is 0 Å². The SMILES string of the molecule is CSc1ccc2c(SC)c(SC)sc2c1. The van der Waals surface area contributed by atoms with Crippen LogP contribution in [0.5, 0.6) is 0 Å². The van der Waals surface area contributed by atoms with Crippen molar-refractivity contribution in [2.45, 2.75) is 14.0 Å². The zero-order chi connectivity index (χ0) is 10.8. The fraction of sp³-hybridized carbons (Fsp3) is 0.273. The third kappa shape index (κ3) is 2.18. The van der Waals surface area contributed by atoms with Gasteiger partial charge in [0.05, 0.1) is 4.21 Å². The van der Waals surface area contributed by atoms with Gasteiger partial charge in [0.15, 0.2) is 0 Å². The molecule has 0 radical (unpaired) electrons. The molecule has 0 bridgehead atoms. The van der Waals surface area contributed by atoms with Crippen LogP contribution in [0.2, 0.25) is 0 Å². The van der Waals surface area contributed by atoms with Crippen LogP contribution in [0, 0.1) is 0 Å². The molecular formula is C11H12S4. The molecule has 1 aromatic heterocycles. The molecule has 1 aromatic carbocycles. The maximum atomic E-state index is 2.30. The number of fused-ring (bicyclic) bond motifs is 1. The Bertz CT molecular complexity index is 473. The highest BCUT2D eigenvalue weighted by molar-refractivity contribution is 8.03. The second-order valence-electron chi connectivity index (χ2n) is 2.99. The van der Waals surface area contributed by atoms with Gasteiger partial charge in [-0.3, -0.25) is 0 Å². The minimum Gasteiger partial charge on any atom is -0.130 e. The quantitative estimate of drug-likeness (QED) is 0.716. The predicted molar refractivity (Wildman–Crippen MR) is 77.2 cm³/mol. The van der Waals surface area contributed by atoms with E-state index in [-0.39, 0.29) is 0 Å². The highest BCUT2D eigenvalue weighted by atomic mass is 32.2. The number of hydrogen-bond acceptors (Lipinski definition) is 4. The van der Waals surface area contributed by atoms with Gasteiger partial charge >= 0.3 is 0 Å². The van der Waals surface area contributed by atoms with Crippen LogP contribution in [0.3, 0.4) is 0 Å². The monoisotopic (exact) mass is 272 g/mol. The Kier molecular flexibility index (Phi) is 3.93. The van der Waals surface area contributed by atoms with Gasteiger partial charge in [-0.25, -0.2) is 0 Å². The van der Waals surface area contributed by atoms with E-state index in [0.717, 1.165) is 0 Å². The molecule has 0 aliphatic carbocycles. The predicted octanol–water partition coefficient (Wildman–Crippen LogP) is 5.07. The summed E-state index contributed by atoms with van der Waals surface area (Å²) in [5.41, 5.74) is 0. The van der Waals surface area contributed by atoms with Gasteiger partial charge in [0.25, 0.3) is 0 Å². The molecule has 0 aliphatic rings. The van der Waals surface area contributed by atoms with E-state index in [2.05, 4.69) is 37.0 Å². The Morgan fingerprint density at radius 2 is 1.80 bits per heavy atom. The Hall–Kier alpha value is 0.230. The third-order valence-electron chi connectivity index (χ3n) is 2.21. The van der Waals surface area contributed by atoms with Crippen LogP contribution in [0.4, 0.5) is 0 Å². The molecule has 0 N–H and O–H groups in total. The topological polar surface area (TPSA) is 0 Å². The van der Waals surface area contributed by atoms with Crippen LogP contribution in [0.15, 0.2) is 32.2 Å². The zero-order valence-corrected chi connectivity index (χ0v) is 12.1. The van der Waals surface area contributed by atoms with Crippen molar-refractivity contribution in [1.82, 2.24) is 0 Å². The Labute approximate surface area is 107 Å². The minimum atomic E-state index is 1.35. The summed E-state index contributed by atoms with van der Waals surface area (Å²) in [6, 6.07) is 6.76. The minimum absolute atomic E-state index is 1.35. The molecule has 0 atom stereocenters. The second kappa shape index (κ2) is 5.04. The lowest BCUT2D eigenvalue weighted by Gasteiger charge is -1.98. The molecule has 0 saturated heterocycles. The molecule has 0 nitrogen and oxygen atoms in total. The van der Waals surface area contributed by atoms with Gasteiger partial charge in [-0.05, 0) is 30.9 Å². The van der Waals surface area contributed by atoms with Gasteiger partial charge in [0.1, 0.15) is 0 Å². The number of benzene rings is 1. The summed E-state index contributed by atoms with van der Waals surface area (Å²) in [5.74, 6) is 0. The van der Waals surface area contributed by atoms with E-state index in [1.165, 1.54) is 24.1 Å². The lowest BCUT2D eigenvalue weighted by molar-refractivity contribution is 1.44. The van der Waals surface area contributed by atoms with E-state index >= 15 is 0 Å². The summed E-state index contributed by atoms with van der Waals surface area (Å²) in [6.07, 6.45) is 6.43. The smallest absolute Gasteiger partial charge is 0.0744 e. The maximum absolute atomic E-state index is 2.30. The first-order chi connectivity index (χ1) is 7.30. The number of rotatable bonds is 3. The van der Waals surface area contributed by atoms with Crippen LogP contribution >= 0.6 is 46.6 Å². The van der Waals surface area contributed by atoms with Crippen molar-refractivity contribution >= 4 is 56.7 Å². The third-order valence-corrected chi connectivity index (χ3v) is 6.30. The standard InChI is InChI=1S/C11H12S4/c1-12-7-4-5-8-9(6-7)15-11(14-3)10(8)13-2/h4-6H,1-3H3. The fourth-order valence-corrected chi connectivity index (χ4v) is 5.27. The summed E-state index contributed by atoms with van der Waals surface area (Å²) < 4.78 is 2.85. The van der Waals surface area contributed by atoms with Gasteiger partial charge in [-0.15, -0.1) is 46.6 Å². The van der Waals surface area contributed by atoms with Gasteiger partial charge in [-0.1, -0.05) is 6.07 Å². The molecule has 15 heavy (non-hydrogen) atoms. The van der Waals surface area contributed by atoms with E-state index in [1.54, 1.807) is 0 Å². The van der Waals surface area contributed by atoms with E-state index in [9.17, 15) is 0 Å². The van der Waals surface area contributed by atoms with Crippen LogP contribution < -0.4 is 0 Å². The molecule has 4 heteroatoms. The first-order valence-electron chi connectivity index (χ1n) is 4.48. The Morgan fingerprint density at radius 3 is 2.40 bits per heavy atom. The van der Waals surface area contributed by atoms with Gasteiger partial charge < -0.3 is 0 Å². The van der Waals surface area contributed by atoms with Gasteiger partial charge in [-0.2, -0.15) is 0 Å². The lowest BCUT2D eigenvalue weighted by atomic mass is 10.3. The van der Waals surface area contributed by atoms with Crippen LogP contribution in [0.25, 0.3) is 10.1 Å². The number of hydrogen-bond donors (Lipinski definition) is 0.